The Morgan fingerprint density at radius 1 is 1.38 bits per heavy atom. The second kappa shape index (κ2) is 6.94. The van der Waals surface area contributed by atoms with E-state index in [1.165, 1.54) is 10.5 Å². The van der Waals surface area contributed by atoms with Crippen LogP contribution in [0.4, 0.5) is 0 Å². The van der Waals surface area contributed by atoms with Crippen LogP contribution in [0, 0.1) is 0 Å². The summed E-state index contributed by atoms with van der Waals surface area (Å²) in [5.41, 5.74) is 7.30. The molecule has 1 aromatic rings. The third-order valence-corrected chi connectivity index (χ3v) is 3.89. The van der Waals surface area contributed by atoms with Crippen molar-refractivity contribution in [2.24, 2.45) is 5.73 Å². The van der Waals surface area contributed by atoms with Gasteiger partial charge in [0.05, 0.1) is 0 Å². The van der Waals surface area contributed by atoms with Crippen molar-refractivity contribution < 1.29 is 5.11 Å². The summed E-state index contributed by atoms with van der Waals surface area (Å²) in [4.78, 5) is 1.25. The van der Waals surface area contributed by atoms with Gasteiger partial charge in [-0.15, -0.1) is 11.8 Å². The van der Waals surface area contributed by atoms with E-state index < -0.39 is 0 Å². The highest BCUT2D eigenvalue weighted by Gasteiger charge is 2.11. The van der Waals surface area contributed by atoms with Crippen molar-refractivity contribution in [1.29, 1.82) is 0 Å². The standard InChI is InChI=1S/C13H21NOS/c1-3-12(14)11-6-4-5-7-13(11)16-10(2)8-9-15/h4-7,10,12,15H,3,8-9,14H2,1-2H3. The van der Waals surface area contributed by atoms with Crippen LogP contribution in [0.15, 0.2) is 29.2 Å². The molecule has 0 bridgehead atoms. The molecule has 3 heteroatoms. The van der Waals surface area contributed by atoms with Gasteiger partial charge in [0, 0.05) is 22.8 Å². The molecule has 1 rings (SSSR count). The first-order valence-corrected chi connectivity index (χ1v) is 6.69. The van der Waals surface area contributed by atoms with Crippen LogP contribution in [-0.2, 0) is 0 Å². The minimum Gasteiger partial charge on any atom is -0.396 e. The second-order valence-corrected chi connectivity index (χ2v) is 5.47. The van der Waals surface area contributed by atoms with Gasteiger partial charge in [-0.05, 0) is 24.5 Å². The Balaban J connectivity index is 2.78. The van der Waals surface area contributed by atoms with Crippen LogP contribution in [-0.4, -0.2) is 17.0 Å². The Bertz CT molecular complexity index is 317. The zero-order valence-corrected chi connectivity index (χ0v) is 10.8. The molecule has 0 spiro atoms. The zero-order chi connectivity index (χ0) is 12.0. The number of thioether (sulfide) groups is 1. The zero-order valence-electron chi connectivity index (χ0n) is 10.0. The highest BCUT2D eigenvalue weighted by molar-refractivity contribution is 8.00. The molecule has 0 aromatic heterocycles. The number of aliphatic hydroxyl groups is 1. The van der Waals surface area contributed by atoms with E-state index in [0.717, 1.165) is 12.8 Å². The summed E-state index contributed by atoms with van der Waals surface area (Å²) in [6, 6.07) is 8.40. The van der Waals surface area contributed by atoms with Crippen LogP contribution < -0.4 is 5.73 Å². The molecular weight excluding hydrogens is 218 g/mol. The highest BCUT2D eigenvalue weighted by Crippen LogP contribution is 2.31. The van der Waals surface area contributed by atoms with Gasteiger partial charge in [0.2, 0.25) is 0 Å². The lowest BCUT2D eigenvalue weighted by Gasteiger charge is -2.17. The average Bonchev–Trinajstić information content (AvgIpc) is 2.29. The average molecular weight is 239 g/mol. The summed E-state index contributed by atoms with van der Waals surface area (Å²) < 4.78 is 0. The SMILES string of the molecule is CCC(N)c1ccccc1SC(C)CCO. The first-order valence-electron chi connectivity index (χ1n) is 5.81. The van der Waals surface area contributed by atoms with Gasteiger partial charge in [-0.3, -0.25) is 0 Å². The lowest BCUT2D eigenvalue weighted by molar-refractivity contribution is 0.289. The molecule has 0 aliphatic rings. The van der Waals surface area contributed by atoms with Crippen LogP contribution >= 0.6 is 11.8 Å². The Kier molecular flexibility index (Phi) is 5.88. The lowest BCUT2D eigenvalue weighted by atomic mass is 10.1. The van der Waals surface area contributed by atoms with E-state index in [9.17, 15) is 0 Å². The molecule has 0 saturated heterocycles. The van der Waals surface area contributed by atoms with Gasteiger partial charge in [0.1, 0.15) is 0 Å². The number of hydrogen-bond acceptors (Lipinski definition) is 3. The fraction of sp³-hybridized carbons (Fsp3) is 0.538. The largest absolute Gasteiger partial charge is 0.396 e. The molecular formula is C13H21NOS. The van der Waals surface area contributed by atoms with Crippen molar-refractivity contribution in [3.8, 4) is 0 Å². The van der Waals surface area contributed by atoms with Crippen LogP contribution in [0.25, 0.3) is 0 Å². The van der Waals surface area contributed by atoms with E-state index in [2.05, 4.69) is 26.0 Å². The molecule has 2 unspecified atom stereocenters. The van der Waals surface area contributed by atoms with E-state index in [0.29, 0.717) is 5.25 Å². The maximum absolute atomic E-state index is 8.90. The molecule has 0 amide bonds. The molecule has 90 valence electrons. The second-order valence-electron chi connectivity index (χ2n) is 3.99. The van der Waals surface area contributed by atoms with Crippen molar-refractivity contribution in [1.82, 2.24) is 0 Å². The monoisotopic (exact) mass is 239 g/mol. The molecule has 0 heterocycles. The van der Waals surface area contributed by atoms with Crippen LogP contribution in [0.3, 0.4) is 0 Å². The normalized spacial score (nSPS) is 14.8. The molecule has 16 heavy (non-hydrogen) atoms. The molecule has 0 aliphatic heterocycles. The van der Waals surface area contributed by atoms with Crippen LogP contribution in [0.2, 0.25) is 0 Å². The van der Waals surface area contributed by atoms with Gasteiger partial charge < -0.3 is 10.8 Å². The molecule has 1 aromatic carbocycles. The summed E-state index contributed by atoms with van der Waals surface area (Å²) in [5, 5.41) is 9.33. The number of benzene rings is 1. The topological polar surface area (TPSA) is 46.2 Å². The smallest absolute Gasteiger partial charge is 0.0441 e. The van der Waals surface area contributed by atoms with Gasteiger partial charge in [-0.25, -0.2) is 0 Å². The predicted octanol–water partition coefficient (Wildman–Crippen LogP) is 2.96. The number of nitrogens with two attached hydrogens (primary N) is 1. The quantitative estimate of drug-likeness (QED) is 0.750. The lowest BCUT2D eigenvalue weighted by Crippen LogP contribution is -2.10. The van der Waals surface area contributed by atoms with Crippen molar-refractivity contribution in [3.05, 3.63) is 29.8 Å². The van der Waals surface area contributed by atoms with E-state index in [1.807, 2.05) is 12.1 Å². The van der Waals surface area contributed by atoms with E-state index in [4.69, 9.17) is 10.8 Å². The van der Waals surface area contributed by atoms with Crippen LogP contribution in [0.5, 0.6) is 0 Å². The fourth-order valence-corrected chi connectivity index (χ4v) is 2.74. The maximum Gasteiger partial charge on any atom is 0.0441 e. The van der Waals surface area contributed by atoms with Crippen LogP contribution in [0.1, 0.15) is 38.3 Å². The summed E-state index contributed by atoms with van der Waals surface area (Å²) in [6.07, 6.45) is 1.77. The van der Waals surface area contributed by atoms with E-state index >= 15 is 0 Å². The minimum atomic E-state index is 0.116. The third kappa shape index (κ3) is 3.81. The highest BCUT2D eigenvalue weighted by atomic mass is 32.2. The number of hydrogen-bond donors (Lipinski definition) is 2. The van der Waals surface area contributed by atoms with Crippen molar-refractivity contribution in [2.75, 3.05) is 6.61 Å². The summed E-state index contributed by atoms with van der Waals surface area (Å²) in [5.74, 6) is 0. The molecule has 0 saturated carbocycles. The molecule has 0 fully saturated rings. The van der Waals surface area contributed by atoms with E-state index in [-0.39, 0.29) is 12.6 Å². The molecule has 2 nitrogen and oxygen atoms in total. The first kappa shape index (κ1) is 13.6. The van der Waals surface area contributed by atoms with Gasteiger partial charge in [0.15, 0.2) is 0 Å². The number of rotatable bonds is 6. The number of aliphatic hydroxyl groups excluding tert-OH is 1. The summed E-state index contributed by atoms with van der Waals surface area (Å²) in [6.45, 7) is 4.48. The first-order chi connectivity index (χ1) is 7.69. The maximum atomic E-state index is 8.90. The minimum absolute atomic E-state index is 0.116. The Morgan fingerprint density at radius 2 is 2.06 bits per heavy atom. The predicted molar refractivity (Wildman–Crippen MR) is 70.7 cm³/mol. The van der Waals surface area contributed by atoms with Gasteiger partial charge in [-0.2, -0.15) is 0 Å². The van der Waals surface area contributed by atoms with Gasteiger partial charge >= 0.3 is 0 Å². The summed E-state index contributed by atoms with van der Waals surface area (Å²) >= 11 is 1.80. The Morgan fingerprint density at radius 3 is 2.69 bits per heavy atom. The molecule has 2 atom stereocenters. The molecule has 0 radical (unpaired) electrons. The summed E-state index contributed by atoms with van der Waals surface area (Å²) in [7, 11) is 0. The Labute approximate surface area is 102 Å². The Hall–Kier alpha value is -0.510. The fourth-order valence-electron chi connectivity index (χ4n) is 1.57. The van der Waals surface area contributed by atoms with Crippen molar-refractivity contribution >= 4 is 11.8 Å². The third-order valence-electron chi connectivity index (χ3n) is 2.62. The van der Waals surface area contributed by atoms with Gasteiger partial charge in [0.25, 0.3) is 0 Å². The van der Waals surface area contributed by atoms with Crippen molar-refractivity contribution in [2.45, 2.75) is 42.9 Å². The van der Waals surface area contributed by atoms with E-state index in [1.54, 1.807) is 11.8 Å². The molecule has 0 aliphatic carbocycles. The van der Waals surface area contributed by atoms with Crippen molar-refractivity contribution in [3.63, 3.8) is 0 Å². The molecule has 3 N–H and O–H groups in total. The van der Waals surface area contributed by atoms with Gasteiger partial charge in [-0.1, -0.05) is 32.0 Å².